The van der Waals surface area contributed by atoms with Crippen LogP contribution >= 0.6 is 11.8 Å². The van der Waals surface area contributed by atoms with E-state index >= 15 is 0 Å². The lowest BCUT2D eigenvalue weighted by molar-refractivity contribution is -0.113. The third kappa shape index (κ3) is 5.65. The van der Waals surface area contributed by atoms with Gasteiger partial charge in [0.25, 0.3) is 5.91 Å². The molecule has 0 radical (unpaired) electrons. The van der Waals surface area contributed by atoms with Gasteiger partial charge in [0.2, 0.25) is 0 Å². The molecular weight excluding hydrogens is 484 g/mol. The number of hydrogen-bond acceptors (Lipinski definition) is 6. The molecule has 8 heteroatoms. The highest BCUT2D eigenvalue weighted by Gasteiger charge is 2.31. The zero-order chi connectivity index (χ0) is 26.1. The number of aromatic nitrogens is 2. The Balaban J connectivity index is 1.50. The fourth-order valence-corrected chi connectivity index (χ4v) is 5.54. The first-order chi connectivity index (χ1) is 17.8. The summed E-state index contributed by atoms with van der Waals surface area (Å²) >= 11 is 1.42. The van der Waals surface area contributed by atoms with Gasteiger partial charge in [-0.1, -0.05) is 18.2 Å². The molecule has 1 fully saturated rings. The van der Waals surface area contributed by atoms with E-state index in [4.69, 9.17) is 14.6 Å². The summed E-state index contributed by atoms with van der Waals surface area (Å²) in [6.07, 6.45) is 4.16. The SMILES string of the molecule is Cc1cc(-c2nn(-c3ccccc3)cc2/C=C2/SC(N3C[C@H](C)O[C@@H](C)C3)=NC2=O)ccc1OC(C)C. The van der Waals surface area contributed by atoms with E-state index in [2.05, 4.69) is 16.0 Å². The number of carbonyl (C=O) groups excluding carboxylic acids is 1. The van der Waals surface area contributed by atoms with Crippen LogP contribution in [-0.4, -0.2) is 57.2 Å². The highest BCUT2D eigenvalue weighted by atomic mass is 32.2. The van der Waals surface area contributed by atoms with Crippen LogP contribution in [0.15, 0.2) is 64.6 Å². The minimum Gasteiger partial charge on any atom is -0.491 e. The highest BCUT2D eigenvalue weighted by molar-refractivity contribution is 8.18. The first kappa shape index (κ1) is 25.3. The van der Waals surface area contributed by atoms with Crippen LogP contribution in [0.4, 0.5) is 0 Å². The van der Waals surface area contributed by atoms with Crippen LogP contribution in [0.5, 0.6) is 5.75 Å². The van der Waals surface area contributed by atoms with Crippen molar-refractivity contribution >= 4 is 28.9 Å². The second-order valence-electron chi connectivity index (χ2n) is 9.83. The maximum Gasteiger partial charge on any atom is 0.286 e. The van der Waals surface area contributed by atoms with E-state index in [1.807, 2.05) is 94.0 Å². The summed E-state index contributed by atoms with van der Waals surface area (Å²) in [5, 5.41) is 5.66. The van der Waals surface area contributed by atoms with E-state index in [1.54, 1.807) is 0 Å². The Labute approximate surface area is 222 Å². The number of nitrogens with zero attached hydrogens (tertiary/aromatic N) is 4. The Morgan fingerprint density at radius 1 is 1.11 bits per heavy atom. The molecule has 192 valence electrons. The molecule has 0 N–H and O–H groups in total. The van der Waals surface area contributed by atoms with Gasteiger partial charge in [0, 0.05) is 30.4 Å². The molecule has 3 heterocycles. The lowest BCUT2D eigenvalue weighted by Crippen LogP contribution is -2.47. The van der Waals surface area contributed by atoms with Gasteiger partial charge in [-0.2, -0.15) is 10.1 Å². The number of amidine groups is 1. The number of carbonyl (C=O) groups is 1. The molecule has 2 aromatic carbocycles. The number of ether oxygens (including phenoxy) is 2. The van der Waals surface area contributed by atoms with Gasteiger partial charge in [-0.25, -0.2) is 4.68 Å². The molecule has 1 aromatic heterocycles. The maximum atomic E-state index is 12.9. The van der Waals surface area contributed by atoms with Crippen molar-refractivity contribution in [2.45, 2.75) is 52.9 Å². The molecule has 1 amide bonds. The summed E-state index contributed by atoms with van der Waals surface area (Å²) in [4.78, 5) is 20.1. The summed E-state index contributed by atoms with van der Waals surface area (Å²) in [6.45, 7) is 11.6. The third-order valence-corrected chi connectivity index (χ3v) is 7.20. The predicted octanol–water partition coefficient (Wildman–Crippen LogP) is 5.71. The fourth-order valence-electron chi connectivity index (χ4n) is 4.62. The molecule has 0 saturated carbocycles. The zero-order valence-electron chi connectivity index (χ0n) is 21.8. The number of benzene rings is 2. The van der Waals surface area contributed by atoms with Gasteiger partial charge in [0.15, 0.2) is 5.17 Å². The van der Waals surface area contributed by atoms with Gasteiger partial charge in [-0.3, -0.25) is 4.79 Å². The molecule has 0 unspecified atom stereocenters. The Morgan fingerprint density at radius 3 is 2.51 bits per heavy atom. The molecule has 0 aliphatic carbocycles. The van der Waals surface area contributed by atoms with E-state index in [-0.39, 0.29) is 24.2 Å². The van der Waals surface area contributed by atoms with Crippen LogP contribution in [0.2, 0.25) is 0 Å². The van der Waals surface area contributed by atoms with Crippen LogP contribution in [0.3, 0.4) is 0 Å². The Hall–Kier alpha value is -3.36. The maximum absolute atomic E-state index is 12.9. The average Bonchev–Trinajstić information content (AvgIpc) is 3.44. The number of aliphatic imine (C=N–C) groups is 1. The predicted molar refractivity (Wildman–Crippen MR) is 149 cm³/mol. The number of amides is 1. The number of hydrogen-bond donors (Lipinski definition) is 0. The molecule has 0 spiro atoms. The van der Waals surface area contributed by atoms with Crippen molar-refractivity contribution < 1.29 is 14.3 Å². The molecule has 7 nitrogen and oxygen atoms in total. The summed E-state index contributed by atoms with van der Waals surface area (Å²) in [5.41, 5.74) is 4.60. The van der Waals surface area contributed by atoms with Crippen LogP contribution in [0.1, 0.15) is 38.8 Å². The molecule has 37 heavy (non-hydrogen) atoms. The van der Waals surface area contributed by atoms with Crippen molar-refractivity contribution in [3.63, 3.8) is 0 Å². The zero-order valence-corrected chi connectivity index (χ0v) is 22.7. The average molecular weight is 517 g/mol. The smallest absolute Gasteiger partial charge is 0.286 e. The van der Waals surface area contributed by atoms with E-state index < -0.39 is 0 Å². The van der Waals surface area contributed by atoms with Crippen molar-refractivity contribution in [2.24, 2.45) is 4.99 Å². The monoisotopic (exact) mass is 516 g/mol. The van der Waals surface area contributed by atoms with Gasteiger partial charge in [-0.15, -0.1) is 0 Å². The topological polar surface area (TPSA) is 69.0 Å². The standard InChI is InChI=1S/C29H32N4O3S/c1-18(2)35-25-12-11-22(13-19(25)3)27-23(17-33(31-27)24-9-7-6-8-10-24)14-26-28(34)30-29(37-26)32-15-20(4)36-21(5)16-32/h6-14,17-18,20-21H,15-16H2,1-5H3/b26-14+/t20-,21-/m0/s1. The van der Waals surface area contributed by atoms with Crippen molar-refractivity contribution in [3.05, 3.63) is 70.8 Å². The normalized spacial score (nSPS) is 21.1. The lowest BCUT2D eigenvalue weighted by Gasteiger charge is -2.35. The fraction of sp³-hybridized carbons (Fsp3) is 0.345. The van der Waals surface area contributed by atoms with Gasteiger partial charge >= 0.3 is 0 Å². The summed E-state index contributed by atoms with van der Waals surface area (Å²) in [5.74, 6) is 0.636. The second kappa shape index (κ2) is 10.6. The molecule has 2 atom stereocenters. The molecule has 3 aromatic rings. The summed E-state index contributed by atoms with van der Waals surface area (Å²) < 4.78 is 13.6. The van der Waals surface area contributed by atoms with E-state index in [1.165, 1.54) is 11.8 Å². The first-order valence-corrected chi connectivity index (χ1v) is 13.4. The van der Waals surface area contributed by atoms with E-state index in [9.17, 15) is 4.79 Å². The van der Waals surface area contributed by atoms with Gasteiger partial charge in [-0.05, 0) is 88.4 Å². The van der Waals surface area contributed by atoms with Crippen molar-refractivity contribution in [2.75, 3.05) is 13.1 Å². The minimum atomic E-state index is -0.220. The second-order valence-corrected chi connectivity index (χ2v) is 10.8. The Morgan fingerprint density at radius 2 is 1.84 bits per heavy atom. The van der Waals surface area contributed by atoms with Crippen LogP contribution < -0.4 is 4.74 Å². The number of rotatable bonds is 5. The Kier molecular flexibility index (Phi) is 7.22. The Bertz CT molecular complexity index is 1350. The summed E-state index contributed by atoms with van der Waals surface area (Å²) in [7, 11) is 0. The van der Waals surface area contributed by atoms with Crippen molar-refractivity contribution in [3.8, 4) is 22.7 Å². The van der Waals surface area contributed by atoms with E-state index in [0.717, 1.165) is 52.1 Å². The molecule has 1 saturated heterocycles. The van der Waals surface area contributed by atoms with Gasteiger partial charge in [0.05, 0.1) is 28.9 Å². The molecule has 5 rings (SSSR count). The van der Waals surface area contributed by atoms with Gasteiger partial charge in [0.1, 0.15) is 11.4 Å². The van der Waals surface area contributed by atoms with Crippen LogP contribution in [-0.2, 0) is 9.53 Å². The lowest BCUT2D eigenvalue weighted by atomic mass is 10.0. The number of thioether (sulfide) groups is 1. The highest BCUT2D eigenvalue weighted by Crippen LogP contribution is 2.35. The third-order valence-electron chi connectivity index (χ3n) is 6.16. The molecule has 2 aliphatic rings. The van der Waals surface area contributed by atoms with Crippen molar-refractivity contribution in [1.82, 2.24) is 14.7 Å². The number of para-hydroxylation sites is 1. The molecule has 0 bridgehead atoms. The largest absolute Gasteiger partial charge is 0.491 e. The minimum absolute atomic E-state index is 0.0942. The summed E-state index contributed by atoms with van der Waals surface area (Å²) in [6, 6.07) is 16.1. The van der Waals surface area contributed by atoms with Crippen molar-refractivity contribution in [1.29, 1.82) is 0 Å². The van der Waals surface area contributed by atoms with Crippen LogP contribution in [0, 0.1) is 6.92 Å². The number of morpholine rings is 1. The van der Waals surface area contributed by atoms with Gasteiger partial charge < -0.3 is 14.4 Å². The number of aryl methyl sites for hydroxylation is 1. The molecule has 2 aliphatic heterocycles. The quantitative estimate of drug-likeness (QED) is 0.405. The first-order valence-electron chi connectivity index (χ1n) is 12.6. The van der Waals surface area contributed by atoms with E-state index in [0.29, 0.717) is 4.91 Å². The van der Waals surface area contributed by atoms with Crippen LogP contribution in [0.25, 0.3) is 23.0 Å². The molecular formula is C29H32N4O3S.